The lowest BCUT2D eigenvalue weighted by molar-refractivity contribution is -0.141. The number of phenolic OH excluding ortho intramolecular Hbond substituents is 1. The topological polar surface area (TPSA) is 85.4 Å². The number of aromatic hydroxyl groups is 1. The van der Waals surface area contributed by atoms with Crippen molar-refractivity contribution in [3.05, 3.63) is 75.2 Å². The Balaban J connectivity index is 0.00000101. The van der Waals surface area contributed by atoms with Crippen LogP contribution in [0.5, 0.6) is 11.5 Å². The van der Waals surface area contributed by atoms with E-state index in [0.717, 1.165) is 16.9 Å². The summed E-state index contributed by atoms with van der Waals surface area (Å²) in [6.45, 7) is 0. The van der Waals surface area contributed by atoms with E-state index < -0.39 is 11.9 Å². The van der Waals surface area contributed by atoms with Gasteiger partial charge in [-0.2, -0.15) is 13.2 Å². The highest BCUT2D eigenvalue weighted by Crippen LogP contribution is 2.35. The third-order valence-electron chi connectivity index (χ3n) is 3.67. The van der Waals surface area contributed by atoms with Gasteiger partial charge in [-0.1, -0.05) is 18.1 Å². The van der Waals surface area contributed by atoms with Crippen molar-refractivity contribution in [1.29, 1.82) is 0 Å². The number of thiazole rings is 1. The van der Waals surface area contributed by atoms with E-state index in [0.29, 0.717) is 11.3 Å². The normalized spacial score (nSPS) is 10.3. The molecule has 0 unspecified atom stereocenters. The molecule has 0 spiro atoms. The Morgan fingerprint density at radius 3 is 2.27 bits per heavy atom. The van der Waals surface area contributed by atoms with E-state index in [9.17, 15) is 18.3 Å². The molecule has 9 heteroatoms. The lowest BCUT2D eigenvalue weighted by Crippen LogP contribution is -2.09. The van der Waals surface area contributed by atoms with Crippen LogP contribution in [0.25, 0.3) is 0 Å². The molecule has 1 heterocycles. The van der Waals surface area contributed by atoms with Gasteiger partial charge in [0.05, 0.1) is 7.11 Å². The highest BCUT2D eigenvalue weighted by molar-refractivity contribution is 7.12. The standard InChI is InChI=1S/C20H14F3NO2S.CH3NO/c1-26-16-9-4-14(5-10-16)12-17-19(20(21,22)23)24-18(27-17)11-6-13-2-7-15(25)8-3-13;2-1-3/h2-5,7-10,25H,12H2,1H3;1H,(H2,2,3). The molecule has 0 aliphatic carbocycles. The van der Waals surface area contributed by atoms with Crippen molar-refractivity contribution >= 4 is 17.7 Å². The van der Waals surface area contributed by atoms with Gasteiger partial charge < -0.3 is 15.6 Å². The summed E-state index contributed by atoms with van der Waals surface area (Å²) in [4.78, 5) is 12.4. The first kappa shape index (κ1) is 22.8. The van der Waals surface area contributed by atoms with Crippen molar-refractivity contribution in [3.63, 3.8) is 0 Å². The molecule has 156 valence electrons. The van der Waals surface area contributed by atoms with Crippen molar-refractivity contribution < 1.29 is 27.8 Å². The zero-order chi connectivity index (χ0) is 22.1. The molecule has 0 aliphatic rings. The van der Waals surface area contributed by atoms with E-state index >= 15 is 0 Å². The first-order valence-electron chi connectivity index (χ1n) is 8.43. The number of nitrogens with two attached hydrogens (primary N) is 1. The molecule has 0 atom stereocenters. The number of carbonyl (C=O) groups excluding carboxylic acids is 1. The van der Waals surface area contributed by atoms with Crippen molar-refractivity contribution in [2.24, 2.45) is 5.73 Å². The van der Waals surface area contributed by atoms with Gasteiger partial charge in [-0.3, -0.25) is 4.79 Å². The summed E-state index contributed by atoms with van der Waals surface area (Å²) in [5, 5.41) is 9.35. The van der Waals surface area contributed by atoms with Crippen molar-refractivity contribution in [3.8, 4) is 23.3 Å². The maximum absolute atomic E-state index is 13.3. The molecule has 30 heavy (non-hydrogen) atoms. The Morgan fingerprint density at radius 1 is 1.13 bits per heavy atom. The van der Waals surface area contributed by atoms with E-state index in [1.807, 2.05) is 0 Å². The Kier molecular flexibility index (Phi) is 7.83. The number of halogens is 3. The molecule has 3 N–H and O–H groups in total. The number of hydrogen-bond donors (Lipinski definition) is 2. The average molecular weight is 434 g/mol. The maximum atomic E-state index is 13.3. The zero-order valence-electron chi connectivity index (χ0n) is 15.7. The third kappa shape index (κ3) is 6.53. The summed E-state index contributed by atoms with van der Waals surface area (Å²) in [7, 11) is 1.53. The highest BCUT2D eigenvalue weighted by atomic mass is 32.1. The number of methoxy groups -OCH3 is 1. The van der Waals surface area contributed by atoms with Crippen LogP contribution >= 0.6 is 11.3 Å². The zero-order valence-corrected chi connectivity index (χ0v) is 16.6. The monoisotopic (exact) mass is 434 g/mol. The van der Waals surface area contributed by atoms with E-state index in [2.05, 4.69) is 22.6 Å². The summed E-state index contributed by atoms with van der Waals surface area (Å²) in [6, 6.07) is 12.9. The molecule has 0 bridgehead atoms. The second-order valence-corrected chi connectivity index (χ2v) is 6.83. The third-order valence-corrected chi connectivity index (χ3v) is 4.64. The summed E-state index contributed by atoms with van der Waals surface area (Å²) >= 11 is 0.928. The quantitative estimate of drug-likeness (QED) is 0.483. The van der Waals surface area contributed by atoms with Crippen molar-refractivity contribution in [2.75, 3.05) is 7.11 Å². The number of phenols is 1. The first-order valence-corrected chi connectivity index (χ1v) is 9.24. The molecule has 5 nitrogen and oxygen atoms in total. The number of aromatic nitrogens is 1. The highest BCUT2D eigenvalue weighted by Gasteiger charge is 2.37. The van der Waals surface area contributed by atoms with E-state index in [4.69, 9.17) is 9.53 Å². The van der Waals surface area contributed by atoms with Gasteiger partial charge in [0, 0.05) is 16.9 Å². The SMILES string of the molecule is COc1ccc(Cc2sc(C#Cc3ccc(O)cc3)nc2C(F)(F)F)cc1.NC=O. The van der Waals surface area contributed by atoms with Crippen LogP contribution in [0.4, 0.5) is 13.2 Å². The maximum Gasteiger partial charge on any atom is 0.434 e. The molecule has 3 rings (SSSR count). The molecular weight excluding hydrogens is 417 g/mol. The summed E-state index contributed by atoms with van der Waals surface area (Å²) in [6.07, 6.45) is -4.19. The number of carbonyl (C=O) groups is 1. The van der Waals surface area contributed by atoms with Crippen LogP contribution in [0.1, 0.15) is 26.7 Å². The fourth-order valence-corrected chi connectivity index (χ4v) is 3.31. The largest absolute Gasteiger partial charge is 0.508 e. The summed E-state index contributed by atoms with van der Waals surface area (Å²) in [5.41, 5.74) is 4.56. The molecule has 0 fully saturated rings. The second-order valence-electron chi connectivity index (χ2n) is 5.75. The van der Waals surface area contributed by atoms with Crippen LogP contribution in [0.3, 0.4) is 0 Å². The Morgan fingerprint density at radius 2 is 1.73 bits per heavy atom. The fourth-order valence-electron chi connectivity index (χ4n) is 2.35. The molecular formula is C21H17F3N2O3S. The van der Waals surface area contributed by atoms with Gasteiger partial charge in [-0.05, 0) is 47.9 Å². The van der Waals surface area contributed by atoms with E-state index in [1.165, 1.54) is 19.2 Å². The summed E-state index contributed by atoms with van der Waals surface area (Å²) in [5.74, 6) is 6.17. The minimum absolute atomic E-state index is 0.0935. The van der Waals surface area contributed by atoms with Crippen LogP contribution < -0.4 is 10.5 Å². The van der Waals surface area contributed by atoms with Gasteiger partial charge in [0.1, 0.15) is 11.5 Å². The molecule has 1 aromatic heterocycles. The number of primary amides is 1. The van der Waals surface area contributed by atoms with Gasteiger partial charge in [-0.25, -0.2) is 4.98 Å². The van der Waals surface area contributed by atoms with Gasteiger partial charge >= 0.3 is 6.18 Å². The van der Waals surface area contributed by atoms with Gasteiger partial charge in [0.2, 0.25) is 6.41 Å². The van der Waals surface area contributed by atoms with Crippen LogP contribution in [0.2, 0.25) is 0 Å². The van der Waals surface area contributed by atoms with E-state index in [1.54, 1.807) is 36.4 Å². The molecule has 2 aromatic carbocycles. The molecule has 0 radical (unpaired) electrons. The lowest BCUT2D eigenvalue weighted by Gasteiger charge is -2.06. The number of hydrogen-bond acceptors (Lipinski definition) is 5. The number of benzene rings is 2. The number of rotatable bonds is 3. The Labute approximate surface area is 175 Å². The van der Waals surface area contributed by atoms with Gasteiger partial charge in [0.15, 0.2) is 10.7 Å². The van der Waals surface area contributed by atoms with Gasteiger partial charge in [0.25, 0.3) is 0 Å². The molecule has 1 amide bonds. The van der Waals surface area contributed by atoms with Crippen LogP contribution in [0.15, 0.2) is 48.5 Å². The van der Waals surface area contributed by atoms with Crippen LogP contribution in [-0.4, -0.2) is 23.6 Å². The lowest BCUT2D eigenvalue weighted by atomic mass is 10.1. The fraction of sp³-hybridized carbons (Fsp3) is 0.143. The molecule has 0 aliphatic heterocycles. The van der Waals surface area contributed by atoms with E-state index in [-0.39, 0.29) is 28.5 Å². The Hall–Kier alpha value is -3.51. The molecule has 0 saturated carbocycles. The first-order chi connectivity index (χ1) is 14.3. The number of ether oxygens (including phenoxy) is 1. The van der Waals surface area contributed by atoms with Crippen LogP contribution in [-0.2, 0) is 17.4 Å². The molecule has 3 aromatic rings. The predicted octanol–water partition coefficient (Wildman–Crippen LogP) is 3.97. The number of alkyl halides is 3. The second kappa shape index (κ2) is 10.3. The number of amides is 1. The smallest absolute Gasteiger partial charge is 0.434 e. The minimum Gasteiger partial charge on any atom is -0.508 e. The van der Waals surface area contributed by atoms with Crippen molar-refractivity contribution in [2.45, 2.75) is 12.6 Å². The molecule has 0 saturated heterocycles. The number of nitrogens with zero attached hydrogens (tertiary/aromatic N) is 1. The van der Waals surface area contributed by atoms with Crippen molar-refractivity contribution in [1.82, 2.24) is 4.98 Å². The average Bonchev–Trinajstić information content (AvgIpc) is 3.12. The minimum atomic E-state index is -4.54. The predicted molar refractivity (Wildman–Crippen MR) is 107 cm³/mol. The summed E-state index contributed by atoms with van der Waals surface area (Å²) < 4.78 is 45.1. The van der Waals surface area contributed by atoms with Crippen LogP contribution in [0, 0.1) is 11.8 Å². The van der Waals surface area contributed by atoms with Gasteiger partial charge in [-0.15, -0.1) is 11.3 Å². The Bertz CT molecular complexity index is 1030.